The van der Waals surface area contributed by atoms with Gasteiger partial charge in [0.05, 0.1) is 25.0 Å². The van der Waals surface area contributed by atoms with Gasteiger partial charge < -0.3 is 9.47 Å². The fourth-order valence-electron chi connectivity index (χ4n) is 4.31. The fraction of sp³-hybridized carbons (Fsp3) is 0.933. The first-order valence-corrected chi connectivity index (χ1v) is 14.1. The standard InChI is InChI=1S/C30H58O4/c1-10-12-13-14-15-16-17-18-19-20-21-25(3)30(11-2,27(32)34-24-29(7,8)9)22-26(31)33-23-28(4,5)6/h25H,10-24H2,1-9H3. The maximum Gasteiger partial charge on any atom is 0.312 e. The Morgan fingerprint density at radius 3 is 1.56 bits per heavy atom. The van der Waals surface area contributed by atoms with Crippen LogP contribution in [-0.2, 0) is 19.1 Å². The molecule has 0 rings (SSSR count). The van der Waals surface area contributed by atoms with Crippen molar-refractivity contribution >= 4 is 11.9 Å². The maximum atomic E-state index is 13.4. The number of carbonyl (C=O) groups excluding carboxylic acids is 2. The summed E-state index contributed by atoms with van der Waals surface area (Å²) in [4.78, 5) is 26.2. The van der Waals surface area contributed by atoms with Gasteiger partial charge in [-0.05, 0) is 29.6 Å². The molecule has 0 saturated heterocycles. The molecule has 0 aromatic heterocycles. The molecule has 0 aromatic carbocycles. The van der Waals surface area contributed by atoms with Crippen LogP contribution in [0, 0.1) is 22.2 Å². The topological polar surface area (TPSA) is 52.6 Å². The first-order chi connectivity index (χ1) is 15.8. The monoisotopic (exact) mass is 482 g/mol. The number of rotatable bonds is 18. The predicted molar refractivity (Wildman–Crippen MR) is 144 cm³/mol. The van der Waals surface area contributed by atoms with Gasteiger partial charge in [-0.3, -0.25) is 9.59 Å². The minimum absolute atomic E-state index is 0.0706. The molecule has 0 fully saturated rings. The zero-order valence-corrected chi connectivity index (χ0v) is 24.3. The van der Waals surface area contributed by atoms with Gasteiger partial charge in [0, 0.05) is 0 Å². The molecular weight excluding hydrogens is 424 g/mol. The number of esters is 2. The third-order valence-electron chi connectivity index (χ3n) is 6.73. The van der Waals surface area contributed by atoms with Crippen LogP contribution in [0.15, 0.2) is 0 Å². The highest BCUT2D eigenvalue weighted by Crippen LogP contribution is 2.41. The van der Waals surface area contributed by atoms with Gasteiger partial charge in [-0.25, -0.2) is 0 Å². The van der Waals surface area contributed by atoms with Crippen LogP contribution in [0.4, 0.5) is 0 Å². The van der Waals surface area contributed by atoms with Crippen LogP contribution in [-0.4, -0.2) is 25.2 Å². The van der Waals surface area contributed by atoms with Crippen LogP contribution in [0.3, 0.4) is 0 Å². The summed E-state index contributed by atoms with van der Waals surface area (Å²) in [5, 5.41) is 0. The Labute approximate surface area is 212 Å². The first kappa shape index (κ1) is 32.9. The Bertz CT molecular complexity index is 555. The van der Waals surface area contributed by atoms with Crippen LogP contribution >= 0.6 is 0 Å². The SMILES string of the molecule is CCCCCCCCCCCCC(C)C(CC)(CC(=O)OCC(C)(C)C)C(=O)OCC(C)(C)C. The highest BCUT2D eigenvalue weighted by molar-refractivity contribution is 5.83. The van der Waals surface area contributed by atoms with Gasteiger partial charge in [-0.2, -0.15) is 0 Å². The zero-order valence-electron chi connectivity index (χ0n) is 24.3. The maximum absolute atomic E-state index is 13.4. The summed E-state index contributed by atoms with van der Waals surface area (Å²) in [7, 11) is 0. The van der Waals surface area contributed by atoms with E-state index in [2.05, 4.69) is 34.6 Å². The summed E-state index contributed by atoms with van der Waals surface area (Å²) in [5.41, 5.74) is -1.03. The molecule has 0 saturated carbocycles. The minimum Gasteiger partial charge on any atom is -0.465 e. The van der Waals surface area contributed by atoms with Gasteiger partial charge in [-0.15, -0.1) is 0 Å². The second-order valence-corrected chi connectivity index (χ2v) is 12.9. The van der Waals surface area contributed by atoms with Crippen molar-refractivity contribution in [1.82, 2.24) is 0 Å². The molecule has 0 heterocycles. The molecule has 202 valence electrons. The van der Waals surface area contributed by atoms with Crippen molar-refractivity contribution in [1.29, 1.82) is 0 Å². The molecule has 0 amide bonds. The zero-order chi connectivity index (χ0) is 26.3. The molecule has 4 heteroatoms. The fourth-order valence-corrected chi connectivity index (χ4v) is 4.31. The molecule has 0 N–H and O–H groups in total. The normalized spacial score (nSPS) is 15.0. The van der Waals surface area contributed by atoms with Crippen LogP contribution in [0.2, 0.25) is 0 Å². The Kier molecular flexibility index (Phi) is 16.1. The van der Waals surface area contributed by atoms with Crippen LogP contribution in [0.5, 0.6) is 0 Å². The van der Waals surface area contributed by atoms with Crippen molar-refractivity contribution < 1.29 is 19.1 Å². The highest BCUT2D eigenvalue weighted by atomic mass is 16.5. The molecule has 0 radical (unpaired) electrons. The van der Waals surface area contributed by atoms with E-state index in [0.29, 0.717) is 19.6 Å². The number of ether oxygens (including phenoxy) is 2. The summed E-state index contributed by atoms with van der Waals surface area (Å²) in [6, 6.07) is 0. The lowest BCUT2D eigenvalue weighted by Crippen LogP contribution is -2.42. The molecule has 2 unspecified atom stereocenters. The molecule has 34 heavy (non-hydrogen) atoms. The summed E-state index contributed by atoms with van der Waals surface area (Å²) in [6.45, 7) is 19.4. The second kappa shape index (κ2) is 16.6. The van der Waals surface area contributed by atoms with Gasteiger partial charge in [-0.1, -0.05) is 127 Å². The molecule has 2 atom stereocenters. The Hall–Kier alpha value is -1.06. The van der Waals surface area contributed by atoms with Gasteiger partial charge in [0.2, 0.25) is 0 Å². The Balaban J connectivity index is 4.92. The molecule has 4 nitrogen and oxygen atoms in total. The molecule has 0 aliphatic rings. The van der Waals surface area contributed by atoms with Crippen molar-refractivity contribution in [2.45, 2.75) is 146 Å². The number of hydrogen-bond donors (Lipinski definition) is 0. The minimum atomic E-state index is -0.820. The molecule has 0 bridgehead atoms. The third kappa shape index (κ3) is 15.0. The summed E-state index contributed by atoms with van der Waals surface area (Å²) in [6.07, 6.45) is 14.5. The van der Waals surface area contributed by atoms with E-state index < -0.39 is 5.41 Å². The Morgan fingerprint density at radius 1 is 0.676 bits per heavy atom. The summed E-state index contributed by atoms with van der Waals surface area (Å²) < 4.78 is 11.4. The molecule has 0 aliphatic heterocycles. The van der Waals surface area contributed by atoms with Crippen LogP contribution < -0.4 is 0 Å². The predicted octanol–water partition coefficient (Wildman–Crippen LogP) is 8.90. The van der Waals surface area contributed by atoms with E-state index >= 15 is 0 Å². The second-order valence-electron chi connectivity index (χ2n) is 12.9. The molecular formula is C30H58O4. The quantitative estimate of drug-likeness (QED) is 0.144. The van der Waals surface area contributed by atoms with E-state index in [4.69, 9.17) is 9.47 Å². The number of carbonyl (C=O) groups is 2. The van der Waals surface area contributed by atoms with Crippen molar-refractivity contribution in [3.8, 4) is 0 Å². The lowest BCUT2D eigenvalue weighted by molar-refractivity contribution is -0.170. The van der Waals surface area contributed by atoms with Crippen LogP contribution in [0.1, 0.15) is 146 Å². The number of unbranched alkanes of at least 4 members (excludes halogenated alkanes) is 9. The molecule has 0 spiro atoms. The summed E-state index contributed by atoms with van der Waals surface area (Å²) >= 11 is 0. The molecule has 0 aliphatic carbocycles. The third-order valence-corrected chi connectivity index (χ3v) is 6.73. The van der Waals surface area contributed by atoms with Gasteiger partial charge in [0.1, 0.15) is 0 Å². The van der Waals surface area contributed by atoms with Crippen molar-refractivity contribution in [3.05, 3.63) is 0 Å². The van der Waals surface area contributed by atoms with E-state index in [1.54, 1.807) is 0 Å². The lowest BCUT2D eigenvalue weighted by Gasteiger charge is -2.36. The Morgan fingerprint density at radius 2 is 1.12 bits per heavy atom. The summed E-state index contributed by atoms with van der Waals surface area (Å²) in [5.74, 6) is -0.460. The van der Waals surface area contributed by atoms with Crippen LogP contribution in [0.25, 0.3) is 0 Å². The van der Waals surface area contributed by atoms with E-state index in [1.165, 1.54) is 57.8 Å². The lowest BCUT2D eigenvalue weighted by atomic mass is 9.69. The van der Waals surface area contributed by atoms with E-state index in [1.807, 2.05) is 27.7 Å². The van der Waals surface area contributed by atoms with Crippen molar-refractivity contribution in [2.75, 3.05) is 13.2 Å². The average molecular weight is 483 g/mol. The average Bonchev–Trinajstić information content (AvgIpc) is 2.74. The van der Waals surface area contributed by atoms with E-state index in [-0.39, 0.29) is 35.1 Å². The molecule has 0 aromatic rings. The van der Waals surface area contributed by atoms with Crippen molar-refractivity contribution in [3.63, 3.8) is 0 Å². The highest BCUT2D eigenvalue weighted by Gasteiger charge is 2.45. The van der Waals surface area contributed by atoms with Gasteiger partial charge in [0.25, 0.3) is 0 Å². The van der Waals surface area contributed by atoms with E-state index in [9.17, 15) is 9.59 Å². The largest absolute Gasteiger partial charge is 0.465 e. The first-order valence-electron chi connectivity index (χ1n) is 14.1. The van der Waals surface area contributed by atoms with E-state index in [0.717, 1.165) is 12.8 Å². The smallest absolute Gasteiger partial charge is 0.312 e. The van der Waals surface area contributed by atoms with Gasteiger partial charge in [0.15, 0.2) is 0 Å². The van der Waals surface area contributed by atoms with Gasteiger partial charge >= 0.3 is 11.9 Å². The number of hydrogen-bond acceptors (Lipinski definition) is 4. The van der Waals surface area contributed by atoms with Crippen molar-refractivity contribution in [2.24, 2.45) is 22.2 Å².